The molecule has 0 saturated carbocycles. The predicted molar refractivity (Wildman–Crippen MR) is 76.4 cm³/mol. The van der Waals surface area contributed by atoms with E-state index >= 15 is 0 Å². The molecule has 1 amide bonds. The maximum absolute atomic E-state index is 12.4. The Morgan fingerprint density at radius 2 is 1.85 bits per heavy atom. The second-order valence-corrected chi connectivity index (χ2v) is 9.16. The Morgan fingerprint density at radius 3 is 2.40 bits per heavy atom. The monoisotopic (exact) mass is 304 g/mol. The summed E-state index contributed by atoms with van der Waals surface area (Å²) in [5.74, 6) is 0.0340. The van der Waals surface area contributed by atoms with Crippen molar-refractivity contribution in [1.82, 2.24) is 10.2 Å². The number of sulfone groups is 1. The first-order valence-electron chi connectivity index (χ1n) is 7.06. The van der Waals surface area contributed by atoms with Gasteiger partial charge in [0.25, 0.3) is 0 Å². The number of nitrogens with one attached hydrogen (secondary N) is 1. The summed E-state index contributed by atoms with van der Waals surface area (Å²) < 4.78 is 29.4. The highest BCUT2D eigenvalue weighted by molar-refractivity contribution is 7.92. The fraction of sp³-hybridized carbons (Fsp3) is 0.923. The molecule has 2 saturated heterocycles. The standard InChI is InChI=1S/C13H24N2O4S/c1-12(2,3)19-11(16)15-8-9-20(17,18)13(10-15)4-6-14-7-5-13/h14H,4-10H2,1-3H3. The van der Waals surface area contributed by atoms with Gasteiger partial charge in [0.15, 0.2) is 9.84 Å². The third kappa shape index (κ3) is 3.09. The van der Waals surface area contributed by atoms with Gasteiger partial charge in [-0.3, -0.25) is 0 Å². The number of ether oxygens (including phenoxy) is 1. The summed E-state index contributed by atoms with van der Waals surface area (Å²) in [5, 5.41) is 3.18. The first kappa shape index (κ1) is 15.6. The van der Waals surface area contributed by atoms with E-state index in [2.05, 4.69) is 5.32 Å². The van der Waals surface area contributed by atoms with Crippen molar-refractivity contribution >= 4 is 15.9 Å². The Labute approximate surface area is 120 Å². The molecular formula is C13H24N2O4S. The van der Waals surface area contributed by atoms with Crippen molar-refractivity contribution in [2.75, 3.05) is 31.9 Å². The molecule has 0 radical (unpaired) electrons. The molecule has 0 aromatic carbocycles. The lowest BCUT2D eigenvalue weighted by molar-refractivity contribution is 0.0221. The lowest BCUT2D eigenvalue weighted by Crippen LogP contribution is -2.61. The molecule has 20 heavy (non-hydrogen) atoms. The van der Waals surface area contributed by atoms with Gasteiger partial charge < -0.3 is 15.0 Å². The van der Waals surface area contributed by atoms with Gasteiger partial charge in [0.1, 0.15) is 5.60 Å². The smallest absolute Gasteiger partial charge is 0.410 e. The number of carbonyl (C=O) groups excluding carboxylic acids is 1. The Kier molecular flexibility index (Phi) is 4.03. The third-order valence-corrected chi connectivity index (χ3v) is 6.51. The van der Waals surface area contributed by atoms with Crippen LogP contribution in [0.15, 0.2) is 0 Å². The molecule has 2 heterocycles. The molecule has 2 fully saturated rings. The summed E-state index contributed by atoms with van der Waals surface area (Å²) in [6, 6.07) is 0. The number of amides is 1. The summed E-state index contributed by atoms with van der Waals surface area (Å²) in [7, 11) is -3.15. The first-order valence-corrected chi connectivity index (χ1v) is 8.71. The van der Waals surface area contributed by atoms with Crippen LogP contribution in [-0.2, 0) is 14.6 Å². The van der Waals surface area contributed by atoms with Gasteiger partial charge in [-0.25, -0.2) is 13.2 Å². The molecule has 0 atom stereocenters. The van der Waals surface area contributed by atoms with Gasteiger partial charge in [0.05, 0.1) is 10.5 Å². The zero-order chi connectivity index (χ0) is 15.0. The van der Waals surface area contributed by atoms with Crippen LogP contribution in [0, 0.1) is 0 Å². The van der Waals surface area contributed by atoms with Crippen LogP contribution in [0.2, 0.25) is 0 Å². The van der Waals surface area contributed by atoms with Crippen molar-refractivity contribution in [3.63, 3.8) is 0 Å². The van der Waals surface area contributed by atoms with Crippen LogP contribution in [0.3, 0.4) is 0 Å². The number of hydrogen-bond acceptors (Lipinski definition) is 5. The maximum Gasteiger partial charge on any atom is 0.410 e. The molecule has 1 N–H and O–H groups in total. The second-order valence-electron chi connectivity index (χ2n) is 6.65. The third-order valence-electron chi connectivity index (χ3n) is 3.94. The van der Waals surface area contributed by atoms with Gasteiger partial charge >= 0.3 is 6.09 Å². The molecule has 1 spiro atoms. The van der Waals surface area contributed by atoms with Gasteiger partial charge in [-0.1, -0.05) is 0 Å². The largest absolute Gasteiger partial charge is 0.444 e. The van der Waals surface area contributed by atoms with Crippen molar-refractivity contribution < 1.29 is 17.9 Å². The van der Waals surface area contributed by atoms with Gasteiger partial charge in [-0.15, -0.1) is 0 Å². The van der Waals surface area contributed by atoms with Crippen LogP contribution in [0.1, 0.15) is 33.6 Å². The van der Waals surface area contributed by atoms with Crippen molar-refractivity contribution in [1.29, 1.82) is 0 Å². The lowest BCUT2D eigenvalue weighted by atomic mass is 9.96. The molecule has 7 heteroatoms. The molecule has 0 aromatic rings. The second kappa shape index (κ2) is 5.18. The van der Waals surface area contributed by atoms with E-state index in [0.717, 1.165) is 0 Å². The average molecular weight is 304 g/mol. The number of hydrogen-bond donors (Lipinski definition) is 1. The van der Waals surface area contributed by atoms with Crippen LogP contribution >= 0.6 is 0 Å². The van der Waals surface area contributed by atoms with E-state index in [9.17, 15) is 13.2 Å². The molecule has 0 unspecified atom stereocenters. The quantitative estimate of drug-likeness (QED) is 0.715. The topological polar surface area (TPSA) is 75.7 Å². The van der Waals surface area contributed by atoms with Gasteiger partial charge in [0.2, 0.25) is 0 Å². The molecule has 0 aliphatic carbocycles. The summed E-state index contributed by atoms with van der Waals surface area (Å²) in [5.41, 5.74) is -0.561. The van der Waals surface area contributed by atoms with Crippen LogP contribution in [0.5, 0.6) is 0 Å². The minimum absolute atomic E-state index is 0.0340. The number of rotatable bonds is 0. The van der Waals surface area contributed by atoms with E-state index < -0.39 is 26.3 Å². The SMILES string of the molecule is CC(C)(C)OC(=O)N1CCS(=O)(=O)C2(CCNCC2)C1. The Morgan fingerprint density at radius 1 is 1.25 bits per heavy atom. The molecule has 2 rings (SSSR count). The zero-order valence-electron chi connectivity index (χ0n) is 12.4. The molecular weight excluding hydrogens is 280 g/mol. The van der Waals surface area contributed by atoms with Gasteiger partial charge in [-0.05, 0) is 46.7 Å². The average Bonchev–Trinajstić information content (AvgIpc) is 2.32. The molecule has 6 nitrogen and oxygen atoms in total. The number of piperidine rings is 1. The zero-order valence-corrected chi connectivity index (χ0v) is 13.3. The van der Waals surface area contributed by atoms with Crippen LogP contribution in [-0.4, -0.2) is 61.7 Å². The number of nitrogens with zero attached hydrogens (tertiary/aromatic N) is 1. The summed E-state index contributed by atoms with van der Waals surface area (Å²) >= 11 is 0. The molecule has 2 aliphatic rings. The van der Waals surface area contributed by atoms with E-state index in [0.29, 0.717) is 25.9 Å². The van der Waals surface area contributed by atoms with Crippen molar-refractivity contribution in [3.05, 3.63) is 0 Å². The predicted octanol–water partition coefficient (Wildman–Crippen LogP) is 0.774. The van der Waals surface area contributed by atoms with E-state index in [-0.39, 0.29) is 18.8 Å². The fourth-order valence-electron chi connectivity index (χ4n) is 2.81. The lowest BCUT2D eigenvalue weighted by Gasteiger charge is -2.44. The van der Waals surface area contributed by atoms with Crippen molar-refractivity contribution in [3.8, 4) is 0 Å². The van der Waals surface area contributed by atoms with E-state index in [1.165, 1.54) is 0 Å². The maximum atomic E-state index is 12.4. The van der Waals surface area contributed by atoms with Crippen LogP contribution in [0.4, 0.5) is 4.79 Å². The van der Waals surface area contributed by atoms with Crippen LogP contribution in [0.25, 0.3) is 0 Å². The van der Waals surface area contributed by atoms with Crippen LogP contribution < -0.4 is 5.32 Å². The summed E-state index contributed by atoms with van der Waals surface area (Å²) in [6.45, 7) is 7.28. The Bertz CT molecular complexity index is 475. The Balaban J connectivity index is 2.15. The van der Waals surface area contributed by atoms with Gasteiger partial charge in [0, 0.05) is 13.1 Å². The van der Waals surface area contributed by atoms with E-state index in [4.69, 9.17) is 4.74 Å². The van der Waals surface area contributed by atoms with Crippen molar-refractivity contribution in [2.24, 2.45) is 0 Å². The highest BCUT2D eigenvalue weighted by Crippen LogP contribution is 2.33. The van der Waals surface area contributed by atoms with E-state index in [1.807, 2.05) is 20.8 Å². The van der Waals surface area contributed by atoms with Gasteiger partial charge in [-0.2, -0.15) is 0 Å². The minimum Gasteiger partial charge on any atom is -0.444 e. The summed E-state index contributed by atoms with van der Waals surface area (Å²) in [6.07, 6.45) is 0.716. The number of carbonyl (C=O) groups is 1. The summed E-state index contributed by atoms with van der Waals surface area (Å²) in [4.78, 5) is 13.7. The fourth-order valence-corrected chi connectivity index (χ4v) is 4.88. The molecule has 116 valence electrons. The minimum atomic E-state index is -3.15. The molecule has 2 aliphatic heterocycles. The highest BCUT2D eigenvalue weighted by atomic mass is 32.2. The first-order chi connectivity index (χ1) is 9.15. The normalized spacial score (nSPS) is 25.4. The molecule has 0 bridgehead atoms. The Hall–Kier alpha value is -0.820. The molecule has 0 aromatic heterocycles. The van der Waals surface area contributed by atoms with Crippen molar-refractivity contribution in [2.45, 2.75) is 44.0 Å². The van der Waals surface area contributed by atoms with E-state index in [1.54, 1.807) is 4.90 Å². The highest BCUT2D eigenvalue weighted by Gasteiger charge is 2.49.